The van der Waals surface area contributed by atoms with E-state index in [1.165, 1.54) is 5.56 Å². The van der Waals surface area contributed by atoms with Gasteiger partial charge in [0.2, 0.25) is 0 Å². The van der Waals surface area contributed by atoms with E-state index in [0.717, 1.165) is 44.9 Å². The van der Waals surface area contributed by atoms with Gasteiger partial charge in [-0.2, -0.15) is 0 Å². The lowest BCUT2D eigenvalue weighted by atomic mass is 10.1. The minimum Gasteiger partial charge on any atom is -0.456 e. The van der Waals surface area contributed by atoms with Crippen LogP contribution in [-0.2, 0) is 6.42 Å². The standard InChI is InChI=1S/C18H22N2O2/c1-15-7-8-17(22-15)18(21)20-13-11-19(12-14-20)10-9-16-5-3-2-4-6-16/h2-8H,9-14H2,1H3. The van der Waals surface area contributed by atoms with Crippen LogP contribution in [0.1, 0.15) is 21.9 Å². The Hall–Kier alpha value is -2.07. The highest BCUT2D eigenvalue weighted by Crippen LogP contribution is 2.12. The summed E-state index contributed by atoms with van der Waals surface area (Å²) < 4.78 is 5.43. The fraction of sp³-hybridized carbons (Fsp3) is 0.389. The number of aryl methyl sites for hydroxylation is 1. The number of carbonyl (C=O) groups excluding carboxylic acids is 1. The number of benzene rings is 1. The summed E-state index contributed by atoms with van der Waals surface area (Å²) in [6.07, 6.45) is 1.06. The van der Waals surface area contributed by atoms with Crippen molar-refractivity contribution in [1.82, 2.24) is 9.80 Å². The van der Waals surface area contributed by atoms with E-state index < -0.39 is 0 Å². The molecular formula is C18H22N2O2. The predicted molar refractivity (Wildman–Crippen MR) is 85.9 cm³/mol. The first-order valence-electron chi connectivity index (χ1n) is 7.84. The zero-order chi connectivity index (χ0) is 15.4. The van der Waals surface area contributed by atoms with Crippen LogP contribution in [0.4, 0.5) is 0 Å². The predicted octanol–water partition coefficient (Wildman–Crippen LogP) is 2.59. The largest absolute Gasteiger partial charge is 0.456 e. The number of nitrogens with zero attached hydrogens (tertiary/aromatic N) is 2. The SMILES string of the molecule is Cc1ccc(C(=O)N2CCN(CCc3ccccc3)CC2)o1. The smallest absolute Gasteiger partial charge is 0.289 e. The number of piperazine rings is 1. The van der Waals surface area contributed by atoms with Crippen molar-refractivity contribution in [3.05, 3.63) is 59.5 Å². The molecule has 22 heavy (non-hydrogen) atoms. The first-order valence-corrected chi connectivity index (χ1v) is 7.84. The average molecular weight is 298 g/mol. The Labute approximate surface area is 131 Å². The van der Waals surface area contributed by atoms with Crippen LogP contribution < -0.4 is 0 Å². The van der Waals surface area contributed by atoms with E-state index >= 15 is 0 Å². The van der Waals surface area contributed by atoms with Crippen molar-refractivity contribution in [2.24, 2.45) is 0 Å². The highest BCUT2D eigenvalue weighted by Gasteiger charge is 2.23. The van der Waals surface area contributed by atoms with E-state index in [9.17, 15) is 4.79 Å². The summed E-state index contributed by atoms with van der Waals surface area (Å²) in [6.45, 7) is 6.31. The molecule has 1 fully saturated rings. The molecule has 0 saturated carbocycles. The molecule has 0 radical (unpaired) electrons. The van der Waals surface area contributed by atoms with Gasteiger partial charge in [-0.05, 0) is 31.0 Å². The van der Waals surface area contributed by atoms with Gasteiger partial charge in [-0.25, -0.2) is 0 Å². The normalized spacial score (nSPS) is 16.0. The molecular weight excluding hydrogens is 276 g/mol. The maximum Gasteiger partial charge on any atom is 0.289 e. The van der Waals surface area contributed by atoms with Crippen molar-refractivity contribution in [3.63, 3.8) is 0 Å². The molecule has 1 amide bonds. The van der Waals surface area contributed by atoms with Crippen LogP contribution in [0.25, 0.3) is 0 Å². The molecule has 0 atom stereocenters. The molecule has 1 aromatic carbocycles. The van der Waals surface area contributed by atoms with Gasteiger partial charge in [0.25, 0.3) is 5.91 Å². The monoisotopic (exact) mass is 298 g/mol. The van der Waals surface area contributed by atoms with Crippen molar-refractivity contribution in [2.75, 3.05) is 32.7 Å². The minimum absolute atomic E-state index is 0.0100. The summed E-state index contributed by atoms with van der Waals surface area (Å²) in [7, 11) is 0. The number of furan rings is 1. The highest BCUT2D eigenvalue weighted by molar-refractivity contribution is 5.91. The number of carbonyl (C=O) groups is 1. The van der Waals surface area contributed by atoms with Gasteiger partial charge >= 0.3 is 0 Å². The molecule has 4 heteroatoms. The van der Waals surface area contributed by atoms with Crippen molar-refractivity contribution < 1.29 is 9.21 Å². The topological polar surface area (TPSA) is 36.7 Å². The Morgan fingerprint density at radius 2 is 1.77 bits per heavy atom. The third-order valence-electron chi connectivity index (χ3n) is 4.17. The van der Waals surface area contributed by atoms with Gasteiger partial charge in [0.15, 0.2) is 5.76 Å². The average Bonchev–Trinajstić information content (AvgIpc) is 3.00. The third kappa shape index (κ3) is 3.57. The second-order valence-electron chi connectivity index (χ2n) is 5.78. The van der Waals surface area contributed by atoms with Crippen LogP contribution in [0.5, 0.6) is 0 Å². The Bertz CT molecular complexity index is 613. The molecule has 1 aromatic heterocycles. The maximum absolute atomic E-state index is 12.3. The van der Waals surface area contributed by atoms with E-state index in [1.54, 1.807) is 6.07 Å². The Kier molecular flexibility index (Phi) is 4.59. The molecule has 3 rings (SSSR count). The third-order valence-corrected chi connectivity index (χ3v) is 4.17. The first kappa shape index (κ1) is 14.9. The van der Waals surface area contributed by atoms with Gasteiger partial charge in [-0.1, -0.05) is 30.3 Å². The van der Waals surface area contributed by atoms with E-state index in [2.05, 4.69) is 29.2 Å². The zero-order valence-corrected chi connectivity index (χ0v) is 13.0. The summed E-state index contributed by atoms with van der Waals surface area (Å²) in [5.74, 6) is 1.25. The number of amides is 1. The van der Waals surface area contributed by atoms with Crippen LogP contribution in [0.2, 0.25) is 0 Å². The minimum atomic E-state index is 0.0100. The van der Waals surface area contributed by atoms with Crippen molar-refractivity contribution in [2.45, 2.75) is 13.3 Å². The quantitative estimate of drug-likeness (QED) is 0.870. The van der Waals surface area contributed by atoms with E-state index in [0.29, 0.717) is 5.76 Å². The fourth-order valence-electron chi connectivity index (χ4n) is 2.81. The van der Waals surface area contributed by atoms with Gasteiger partial charge < -0.3 is 9.32 Å². The number of rotatable bonds is 4. The van der Waals surface area contributed by atoms with Crippen LogP contribution in [0, 0.1) is 6.92 Å². The summed E-state index contributed by atoms with van der Waals surface area (Å²) in [6, 6.07) is 14.1. The molecule has 2 heterocycles. The maximum atomic E-state index is 12.3. The van der Waals surface area contributed by atoms with Crippen LogP contribution in [0.3, 0.4) is 0 Å². The molecule has 1 aliphatic heterocycles. The molecule has 116 valence electrons. The molecule has 0 N–H and O–H groups in total. The second-order valence-corrected chi connectivity index (χ2v) is 5.78. The lowest BCUT2D eigenvalue weighted by Gasteiger charge is -2.34. The molecule has 1 aliphatic rings. The van der Waals surface area contributed by atoms with Crippen molar-refractivity contribution in [3.8, 4) is 0 Å². The van der Waals surface area contributed by atoms with Crippen LogP contribution in [-0.4, -0.2) is 48.4 Å². The molecule has 1 saturated heterocycles. The Morgan fingerprint density at radius 1 is 1.05 bits per heavy atom. The van der Waals surface area contributed by atoms with Gasteiger partial charge in [0.1, 0.15) is 5.76 Å². The lowest BCUT2D eigenvalue weighted by molar-refractivity contribution is 0.0606. The Morgan fingerprint density at radius 3 is 2.41 bits per heavy atom. The zero-order valence-electron chi connectivity index (χ0n) is 13.0. The van der Waals surface area contributed by atoms with Crippen molar-refractivity contribution in [1.29, 1.82) is 0 Å². The number of hydrogen-bond acceptors (Lipinski definition) is 3. The Balaban J connectivity index is 1.47. The van der Waals surface area contributed by atoms with Gasteiger partial charge in [-0.15, -0.1) is 0 Å². The molecule has 0 unspecified atom stereocenters. The second kappa shape index (κ2) is 6.79. The van der Waals surface area contributed by atoms with E-state index in [-0.39, 0.29) is 5.91 Å². The molecule has 0 aliphatic carbocycles. The summed E-state index contributed by atoms with van der Waals surface area (Å²) >= 11 is 0. The number of hydrogen-bond donors (Lipinski definition) is 0. The molecule has 0 spiro atoms. The molecule has 2 aromatic rings. The van der Waals surface area contributed by atoms with Crippen LogP contribution in [0.15, 0.2) is 46.9 Å². The molecule has 0 bridgehead atoms. The highest BCUT2D eigenvalue weighted by atomic mass is 16.3. The van der Waals surface area contributed by atoms with Gasteiger partial charge in [-0.3, -0.25) is 9.69 Å². The fourth-order valence-corrected chi connectivity index (χ4v) is 2.81. The molecule has 4 nitrogen and oxygen atoms in total. The van der Waals surface area contributed by atoms with Gasteiger partial charge in [0, 0.05) is 32.7 Å². The lowest BCUT2D eigenvalue weighted by Crippen LogP contribution is -2.49. The first-order chi connectivity index (χ1) is 10.7. The summed E-state index contributed by atoms with van der Waals surface area (Å²) in [4.78, 5) is 16.6. The van der Waals surface area contributed by atoms with E-state index in [1.807, 2.05) is 24.0 Å². The van der Waals surface area contributed by atoms with Gasteiger partial charge in [0.05, 0.1) is 0 Å². The summed E-state index contributed by atoms with van der Waals surface area (Å²) in [5.41, 5.74) is 1.37. The van der Waals surface area contributed by atoms with Crippen LogP contribution >= 0.6 is 0 Å². The van der Waals surface area contributed by atoms with Crippen molar-refractivity contribution >= 4 is 5.91 Å². The summed E-state index contributed by atoms with van der Waals surface area (Å²) in [5, 5.41) is 0. The van der Waals surface area contributed by atoms with E-state index in [4.69, 9.17) is 4.42 Å².